The second-order valence-corrected chi connectivity index (χ2v) is 9.01. The zero-order valence-electron chi connectivity index (χ0n) is 14.2. The molecule has 1 fully saturated rings. The number of thiazole rings is 1. The van der Waals surface area contributed by atoms with Crippen LogP contribution in [0.25, 0.3) is 20.1 Å². The first kappa shape index (κ1) is 16.7. The van der Waals surface area contributed by atoms with Crippen molar-refractivity contribution in [1.29, 1.82) is 0 Å². The molecule has 130 valence electrons. The maximum absolute atomic E-state index is 12.5. The number of nitrogens with zero attached hydrogens (tertiary/aromatic N) is 1. The summed E-state index contributed by atoms with van der Waals surface area (Å²) in [6, 6.07) is 12.0. The highest BCUT2D eigenvalue weighted by Gasteiger charge is 2.27. The molecule has 1 aliphatic rings. The van der Waals surface area contributed by atoms with Crippen LogP contribution in [0, 0.1) is 5.41 Å². The number of hydrogen-bond acceptors (Lipinski definition) is 5. The number of hydrogen-bond donors (Lipinski definition) is 2. The van der Waals surface area contributed by atoms with Crippen LogP contribution in [0.3, 0.4) is 0 Å². The summed E-state index contributed by atoms with van der Waals surface area (Å²) in [4.78, 5) is 19.0. The Morgan fingerprint density at radius 1 is 1.20 bits per heavy atom. The van der Waals surface area contributed by atoms with Gasteiger partial charge in [-0.2, -0.15) is 0 Å². The molecular formula is C19H21N3OS2. The first-order chi connectivity index (χ1) is 12.1. The Bertz CT molecular complexity index is 860. The van der Waals surface area contributed by atoms with Gasteiger partial charge in [-0.1, -0.05) is 19.1 Å². The van der Waals surface area contributed by atoms with Crippen LogP contribution < -0.4 is 10.6 Å². The molecule has 0 saturated carbocycles. The highest BCUT2D eigenvalue weighted by atomic mass is 32.1. The number of carbonyl (C=O) groups is 1. The topological polar surface area (TPSA) is 54.0 Å². The first-order valence-electron chi connectivity index (χ1n) is 8.58. The van der Waals surface area contributed by atoms with Gasteiger partial charge in [0.25, 0.3) is 5.91 Å². The van der Waals surface area contributed by atoms with Crippen LogP contribution in [0.5, 0.6) is 0 Å². The van der Waals surface area contributed by atoms with E-state index in [9.17, 15) is 4.79 Å². The Labute approximate surface area is 155 Å². The standard InChI is InChI=1S/C19H21N3OS2/c1-19(8-10-20-11-9-19)12-21-17(23)15-6-7-16(24-15)18-22-13-4-2-3-5-14(13)25-18/h2-7,20H,8-12H2,1H3,(H,21,23). The van der Waals surface area contributed by atoms with Gasteiger partial charge < -0.3 is 10.6 Å². The van der Waals surface area contributed by atoms with E-state index in [0.29, 0.717) is 0 Å². The van der Waals surface area contributed by atoms with Crippen molar-refractivity contribution in [1.82, 2.24) is 15.6 Å². The van der Waals surface area contributed by atoms with E-state index >= 15 is 0 Å². The normalized spacial score (nSPS) is 16.8. The van der Waals surface area contributed by atoms with Crippen LogP contribution in [0.1, 0.15) is 29.4 Å². The van der Waals surface area contributed by atoms with Crippen molar-refractivity contribution in [3.05, 3.63) is 41.3 Å². The Morgan fingerprint density at radius 3 is 2.80 bits per heavy atom. The maximum atomic E-state index is 12.5. The fourth-order valence-electron chi connectivity index (χ4n) is 3.14. The predicted octanol–water partition coefficient (Wildman–Crippen LogP) is 4.14. The van der Waals surface area contributed by atoms with E-state index in [4.69, 9.17) is 0 Å². The molecule has 1 saturated heterocycles. The molecule has 0 radical (unpaired) electrons. The SMILES string of the molecule is CC1(CNC(=O)c2ccc(-c3nc4ccccc4s3)s2)CCNCC1. The molecule has 1 aliphatic heterocycles. The molecule has 0 bridgehead atoms. The van der Waals surface area contributed by atoms with Crippen molar-refractivity contribution >= 4 is 38.8 Å². The summed E-state index contributed by atoms with van der Waals surface area (Å²) in [6.07, 6.45) is 2.21. The number of nitrogens with one attached hydrogen (secondary N) is 2. The lowest BCUT2D eigenvalue weighted by Crippen LogP contribution is -2.42. The van der Waals surface area contributed by atoms with Gasteiger partial charge in [-0.05, 0) is 55.6 Å². The van der Waals surface area contributed by atoms with Gasteiger partial charge in [0.15, 0.2) is 0 Å². The molecule has 2 N–H and O–H groups in total. The molecule has 4 rings (SSSR count). The second kappa shape index (κ2) is 6.86. The number of piperidine rings is 1. The molecular weight excluding hydrogens is 350 g/mol. The Morgan fingerprint density at radius 2 is 2.00 bits per heavy atom. The third kappa shape index (κ3) is 3.61. The number of amides is 1. The number of thiophene rings is 1. The molecule has 0 atom stereocenters. The zero-order valence-corrected chi connectivity index (χ0v) is 15.8. The van der Waals surface area contributed by atoms with E-state index in [1.165, 1.54) is 16.0 Å². The number of benzene rings is 1. The summed E-state index contributed by atoms with van der Waals surface area (Å²) in [6.45, 7) is 5.07. The molecule has 6 heteroatoms. The smallest absolute Gasteiger partial charge is 0.261 e. The lowest BCUT2D eigenvalue weighted by atomic mass is 9.81. The molecule has 1 amide bonds. The van der Waals surface area contributed by atoms with E-state index in [-0.39, 0.29) is 11.3 Å². The Balaban J connectivity index is 1.46. The van der Waals surface area contributed by atoms with E-state index in [2.05, 4.69) is 28.6 Å². The third-order valence-corrected chi connectivity index (χ3v) is 7.11. The highest BCUT2D eigenvalue weighted by Crippen LogP contribution is 2.34. The van der Waals surface area contributed by atoms with E-state index in [1.807, 2.05) is 30.3 Å². The van der Waals surface area contributed by atoms with Crippen molar-refractivity contribution in [3.63, 3.8) is 0 Å². The predicted molar refractivity (Wildman–Crippen MR) is 105 cm³/mol. The largest absolute Gasteiger partial charge is 0.351 e. The summed E-state index contributed by atoms with van der Waals surface area (Å²) in [7, 11) is 0. The minimum atomic E-state index is 0.0251. The van der Waals surface area contributed by atoms with Crippen LogP contribution in [-0.4, -0.2) is 30.5 Å². The third-order valence-electron chi connectivity index (χ3n) is 4.82. The Kier molecular flexibility index (Phi) is 4.58. The van der Waals surface area contributed by atoms with Crippen molar-refractivity contribution in [3.8, 4) is 9.88 Å². The minimum absolute atomic E-state index is 0.0251. The maximum Gasteiger partial charge on any atom is 0.261 e. The molecule has 4 nitrogen and oxygen atoms in total. The van der Waals surface area contributed by atoms with Crippen molar-refractivity contribution in [2.75, 3.05) is 19.6 Å². The van der Waals surface area contributed by atoms with Crippen molar-refractivity contribution < 1.29 is 4.79 Å². The number of para-hydroxylation sites is 1. The van der Waals surface area contributed by atoms with Crippen molar-refractivity contribution in [2.45, 2.75) is 19.8 Å². The first-order valence-corrected chi connectivity index (χ1v) is 10.2. The summed E-state index contributed by atoms with van der Waals surface area (Å²) in [5.74, 6) is 0.0251. The molecule has 0 spiro atoms. The number of fused-ring (bicyclic) bond motifs is 1. The minimum Gasteiger partial charge on any atom is -0.351 e. The van der Waals surface area contributed by atoms with Gasteiger partial charge in [0.1, 0.15) is 5.01 Å². The van der Waals surface area contributed by atoms with Gasteiger partial charge in [0.05, 0.1) is 20.0 Å². The van der Waals surface area contributed by atoms with Gasteiger partial charge >= 0.3 is 0 Å². The van der Waals surface area contributed by atoms with Gasteiger partial charge in [-0.15, -0.1) is 22.7 Å². The number of carbonyl (C=O) groups excluding carboxylic acids is 1. The van der Waals surface area contributed by atoms with Gasteiger partial charge in [-0.25, -0.2) is 4.98 Å². The van der Waals surface area contributed by atoms with E-state index in [0.717, 1.165) is 52.8 Å². The zero-order chi connectivity index (χ0) is 17.3. The quantitative estimate of drug-likeness (QED) is 0.724. The second-order valence-electron chi connectivity index (χ2n) is 6.89. The average molecular weight is 372 g/mol. The van der Waals surface area contributed by atoms with Crippen LogP contribution >= 0.6 is 22.7 Å². The van der Waals surface area contributed by atoms with Gasteiger partial charge in [-0.3, -0.25) is 4.79 Å². The van der Waals surface area contributed by atoms with Crippen LogP contribution in [-0.2, 0) is 0 Å². The number of aromatic nitrogens is 1. The summed E-state index contributed by atoms with van der Waals surface area (Å²) in [5.41, 5.74) is 1.22. The highest BCUT2D eigenvalue weighted by molar-refractivity contribution is 7.26. The molecule has 0 unspecified atom stereocenters. The monoisotopic (exact) mass is 371 g/mol. The number of rotatable bonds is 4. The lowest BCUT2D eigenvalue weighted by molar-refractivity contribution is 0.0926. The summed E-state index contributed by atoms with van der Waals surface area (Å²) >= 11 is 3.19. The van der Waals surface area contributed by atoms with Crippen molar-refractivity contribution in [2.24, 2.45) is 5.41 Å². The van der Waals surface area contributed by atoms with Gasteiger partial charge in [0, 0.05) is 6.54 Å². The lowest BCUT2D eigenvalue weighted by Gasteiger charge is -2.34. The van der Waals surface area contributed by atoms with E-state index in [1.54, 1.807) is 11.3 Å². The molecule has 2 aromatic heterocycles. The van der Waals surface area contributed by atoms with Crippen LogP contribution in [0.15, 0.2) is 36.4 Å². The van der Waals surface area contributed by atoms with Gasteiger partial charge in [0.2, 0.25) is 0 Å². The molecule has 25 heavy (non-hydrogen) atoms. The summed E-state index contributed by atoms with van der Waals surface area (Å²) < 4.78 is 1.18. The summed E-state index contributed by atoms with van der Waals surface area (Å²) in [5, 5.41) is 7.48. The Hall–Kier alpha value is -1.76. The van der Waals surface area contributed by atoms with E-state index < -0.39 is 0 Å². The molecule has 1 aromatic carbocycles. The fraction of sp³-hybridized carbons (Fsp3) is 0.368. The average Bonchev–Trinajstić information content (AvgIpc) is 3.27. The molecule has 0 aliphatic carbocycles. The van der Waals surface area contributed by atoms with Crippen LogP contribution in [0.2, 0.25) is 0 Å². The molecule has 3 aromatic rings. The van der Waals surface area contributed by atoms with Crippen LogP contribution in [0.4, 0.5) is 0 Å². The fourth-order valence-corrected chi connectivity index (χ4v) is 5.08. The molecule has 3 heterocycles.